The van der Waals surface area contributed by atoms with Gasteiger partial charge in [0.15, 0.2) is 0 Å². The lowest BCUT2D eigenvalue weighted by Gasteiger charge is -2.33. The van der Waals surface area contributed by atoms with E-state index in [4.69, 9.17) is 9.84 Å². The molecule has 1 saturated heterocycles. The second kappa shape index (κ2) is 6.08. The van der Waals surface area contributed by atoms with Crippen LogP contribution in [0.2, 0.25) is 0 Å². The third kappa shape index (κ3) is 3.18. The van der Waals surface area contributed by atoms with Gasteiger partial charge in [-0.3, -0.25) is 4.79 Å². The Kier molecular flexibility index (Phi) is 5.05. The molecule has 1 fully saturated rings. The fourth-order valence-electron chi connectivity index (χ4n) is 2.42. The van der Waals surface area contributed by atoms with Crippen molar-refractivity contribution < 1.29 is 14.6 Å². The van der Waals surface area contributed by atoms with E-state index < -0.39 is 5.97 Å². The molecule has 2 unspecified atom stereocenters. The summed E-state index contributed by atoms with van der Waals surface area (Å²) >= 11 is 0. The number of aliphatic carboxylic acids is 1. The van der Waals surface area contributed by atoms with Crippen LogP contribution in [0.1, 0.15) is 26.2 Å². The van der Waals surface area contributed by atoms with Gasteiger partial charge in [0, 0.05) is 19.3 Å². The van der Waals surface area contributed by atoms with Crippen molar-refractivity contribution in [2.75, 3.05) is 20.3 Å². The Labute approximate surface area is 91.0 Å². The summed E-state index contributed by atoms with van der Waals surface area (Å²) in [5, 5.41) is 12.3. The second-order valence-electron chi connectivity index (χ2n) is 4.12. The van der Waals surface area contributed by atoms with Crippen molar-refractivity contribution >= 4 is 5.97 Å². The molecule has 0 aromatic heterocycles. The van der Waals surface area contributed by atoms with E-state index in [1.54, 1.807) is 0 Å². The number of carboxylic acid groups (broad SMARTS) is 1. The van der Waals surface area contributed by atoms with E-state index in [1.165, 1.54) is 0 Å². The van der Waals surface area contributed by atoms with E-state index in [-0.39, 0.29) is 12.0 Å². The van der Waals surface area contributed by atoms with Crippen molar-refractivity contribution in [2.45, 2.75) is 32.2 Å². The highest BCUT2D eigenvalue weighted by Gasteiger charge is 2.32. The van der Waals surface area contributed by atoms with Crippen molar-refractivity contribution in [3.63, 3.8) is 0 Å². The van der Waals surface area contributed by atoms with Crippen LogP contribution in [0.25, 0.3) is 0 Å². The molecule has 0 aromatic rings. The summed E-state index contributed by atoms with van der Waals surface area (Å²) in [5.74, 6) is -0.536. The van der Waals surface area contributed by atoms with Crippen LogP contribution in [-0.2, 0) is 9.53 Å². The van der Waals surface area contributed by atoms with Gasteiger partial charge < -0.3 is 15.2 Å². The zero-order valence-corrected chi connectivity index (χ0v) is 9.53. The number of rotatable bonds is 5. The first kappa shape index (κ1) is 12.5. The van der Waals surface area contributed by atoms with Crippen LogP contribution in [0.3, 0.4) is 0 Å². The van der Waals surface area contributed by atoms with Gasteiger partial charge in [-0.1, -0.05) is 6.92 Å². The number of carboxylic acids is 1. The van der Waals surface area contributed by atoms with Gasteiger partial charge in [-0.05, 0) is 32.2 Å². The molecule has 1 aliphatic heterocycles. The molecule has 0 spiro atoms. The standard InChI is InChI=1S/C11H21NO3/c1-3-9(11(13)14)10(12-2)8-4-6-15-7-5-8/h8-10,12H,3-7H2,1-2H3,(H,13,14). The minimum Gasteiger partial charge on any atom is -0.481 e. The average Bonchev–Trinajstić information content (AvgIpc) is 2.26. The lowest BCUT2D eigenvalue weighted by Crippen LogP contribution is -2.45. The van der Waals surface area contributed by atoms with Crippen molar-refractivity contribution in [1.29, 1.82) is 0 Å². The third-order valence-electron chi connectivity index (χ3n) is 3.30. The molecular weight excluding hydrogens is 194 g/mol. The van der Waals surface area contributed by atoms with E-state index in [2.05, 4.69) is 5.32 Å². The number of nitrogens with one attached hydrogen (secondary N) is 1. The van der Waals surface area contributed by atoms with Crippen LogP contribution in [-0.4, -0.2) is 37.4 Å². The molecule has 1 rings (SSSR count). The largest absolute Gasteiger partial charge is 0.481 e. The van der Waals surface area contributed by atoms with Gasteiger partial charge >= 0.3 is 5.97 Å². The van der Waals surface area contributed by atoms with Crippen LogP contribution in [0.5, 0.6) is 0 Å². The van der Waals surface area contributed by atoms with Gasteiger partial charge in [-0.15, -0.1) is 0 Å². The highest BCUT2D eigenvalue weighted by molar-refractivity contribution is 5.70. The highest BCUT2D eigenvalue weighted by Crippen LogP contribution is 2.25. The van der Waals surface area contributed by atoms with Gasteiger partial charge in [0.1, 0.15) is 0 Å². The van der Waals surface area contributed by atoms with E-state index in [1.807, 2.05) is 14.0 Å². The molecule has 0 saturated carbocycles. The van der Waals surface area contributed by atoms with Crippen molar-refractivity contribution in [3.05, 3.63) is 0 Å². The summed E-state index contributed by atoms with van der Waals surface area (Å²) in [7, 11) is 1.85. The Morgan fingerprint density at radius 3 is 2.53 bits per heavy atom. The topological polar surface area (TPSA) is 58.6 Å². The Balaban J connectivity index is 2.62. The molecule has 0 amide bonds. The van der Waals surface area contributed by atoms with Gasteiger partial charge in [-0.2, -0.15) is 0 Å². The lowest BCUT2D eigenvalue weighted by atomic mass is 9.82. The molecular formula is C11H21NO3. The van der Waals surface area contributed by atoms with Crippen LogP contribution in [0.4, 0.5) is 0 Å². The first-order chi connectivity index (χ1) is 7.20. The molecule has 0 aromatic carbocycles. The predicted molar refractivity (Wildman–Crippen MR) is 57.8 cm³/mol. The van der Waals surface area contributed by atoms with Crippen LogP contribution >= 0.6 is 0 Å². The summed E-state index contributed by atoms with van der Waals surface area (Å²) in [6.45, 7) is 3.46. The number of carbonyl (C=O) groups is 1. The fourth-order valence-corrected chi connectivity index (χ4v) is 2.42. The summed E-state index contributed by atoms with van der Waals surface area (Å²) in [4.78, 5) is 11.1. The summed E-state index contributed by atoms with van der Waals surface area (Å²) in [6, 6.07) is 0.0800. The Bertz CT molecular complexity index is 202. The second-order valence-corrected chi connectivity index (χ2v) is 4.12. The molecule has 1 aliphatic rings. The smallest absolute Gasteiger partial charge is 0.308 e. The quantitative estimate of drug-likeness (QED) is 0.721. The van der Waals surface area contributed by atoms with E-state index >= 15 is 0 Å². The van der Waals surface area contributed by atoms with E-state index in [9.17, 15) is 4.79 Å². The molecule has 15 heavy (non-hydrogen) atoms. The van der Waals surface area contributed by atoms with E-state index in [0.717, 1.165) is 26.1 Å². The number of ether oxygens (including phenoxy) is 1. The van der Waals surface area contributed by atoms with E-state index in [0.29, 0.717) is 12.3 Å². The monoisotopic (exact) mass is 215 g/mol. The molecule has 1 heterocycles. The van der Waals surface area contributed by atoms with Crippen molar-refractivity contribution in [3.8, 4) is 0 Å². The molecule has 2 N–H and O–H groups in total. The Morgan fingerprint density at radius 1 is 1.53 bits per heavy atom. The van der Waals surface area contributed by atoms with Crippen LogP contribution in [0, 0.1) is 11.8 Å². The van der Waals surface area contributed by atoms with Gasteiger partial charge in [0.2, 0.25) is 0 Å². The van der Waals surface area contributed by atoms with Gasteiger partial charge in [-0.25, -0.2) is 0 Å². The zero-order valence-electron chi connectivity index (χ0n) is 9.53. The van der Waals surface area contributed by atoms with Crippen molar-refractivity contribution in [2.24, 2.45) is 11.8 Å². The van der Waals surface area contributed by atoms with Gasteiger partial charge in [0.05, 0.1) is 5.92 Å². The van der Waals surface area contributed by atoms with Crippen LogP contribution in [0.15, 0.2) is 0 Å². The Hall–Kier alpha value is -0.610. The predicted octanol–water partition coefficient (Wildman–Crippen LogP) is 1.11. The normalized spacial score (nSPS) is 22.3. The first-order valence-electron chi connectivity index (χ1n) is 5.68. The molecule has 0 aliphatic carbocycles. The maximum absolute atomic E-state index is 11.1. The lowest BCUT2D eigenvalue weighted by molar-refractivity contribution is -0.143. The summed E-state index contributed by atoms with van der Waals surface area (Å²) in [5.41, 5.74) is 0. The minimum atomic E-state index is -0.691. The first-order valence-corrected chi connectivity index (χ1v) is 5.68. The zero-order chi connectivity index (χ0) is 11.3. The third-order valence-corrected chi connectivity index (χ3v) is 3.30. The van der Waals surface area contributed by atoms with Gasteiger partial charge in [0.25, 0.3) is 0 Å². The number of hydrogen-bond donors (Lipinski definition) is 2. The SMILES string of the molecule is CCC(C(=O)O)C(NC)C1CCOCC1. The molecule has 88 valence electrons. The summed E-state index contributed by atoms with van der Waals surface area (Å²) < 4.78 is 5.29. The molecule has 2 atom stereocenters. The minimum absolute atomic E-state index is 0.0800. The van der Waals surface area contributed by atoms with Crippen LogP contribution < -0.4 is 5.32 Å². The maximum atomic E-state index is 11.1. The molecule has 4 nitrogen and oxygen atoms in total. The Morgan fingerprint density at radius 2 is 2.13 bits per heavy atom. The molecule has 0 radical (unpaired) electrons. The average molecular weight is 215 g/mol. The fraction of sp³-hybridized carbons (Fsp3) is 0.909. The maximum Gasteiger partial charge on any atom is 0.308 e. The summed E-state index contributed by atoms with van der Waals surface area (Å²) in [6.07, 6.45) is 2.61. The molecule has 0 bridgehead atoms. The highest BCUT2D eigenvalue weighted by atomic mass is 16.5. The number of hydrogen-bond acceptors (Lipinski definition) is 3. The molecule has 4 heteroatoms. The van der Waals surface area contributed by atoms with Crippen molar-refractivity contribution in [1.82, 2.24) is 5.32 Å².